The number of rotatable bonds is 12. The summed E-state index contributed by atoms with van der Waals surface area (Å²) in [5.74, 6) is -3.98. The third kappa shape index (κ3) is 18.8. The molecule has 0 fully saturated rings. The van der Waals surface area contributed by atoms with Crippen molar-refractivity contribution in [2.75, 3.05) is 10.7 Å². The Balaban J connectivity index is 0.000000187. The molecule has 424 valence electrons. The molecule has 84 heavy (non-hydrogen) atoms. The van der Waals surface area contributed by atoms with E-state index in [1.807, 2.05) is 202 Å². The molecule has 0 bridgehead atoms. The van der Waals surface area contributed by atoms with E-state index in [4.69, 9.17) is 46.4 Å². The Labute approximate surface area is 566 Å². The number of carbonyl (C=O) groups excluding carboxylic acids is 2. The van der Waals surface area contributed by atoms with Gasteiger partial charge in [0.05, 0.1) is 19.6 Å². The van der Waals surface area contributed by atoms with Crippen LogP contribution in [0.5, 0.6) is 0 Å². The van der Waals surface area contributed by atoms with Gasteiger partial charge in [-0.05, 0) is 191 Å². The van der Waals surface area contributed by atoms with Gasteiger partial charge in [0.1, 0.15) is 0 Å². The van der Waals surface area contributed by atoms with Crippen molar-refractivity contribution in [3.63, 3.8) is 0 Å². The summed E-state index contributed by atoms with van der Waals surface area (Å²) in [5, 5.41) is 73.2. The summed E-state index contributed by atoms with van der Waals surface area (Å²) in [6.07, 6.45) is 44.1. The van der Waals surface area contributed by atoms with Crippen LogP contribution in [0, 0.1) is 0 Å². The Bertz CT molecular complexity index is 2850. The first-order chi connectivity index (χ1) is 40.1. The monoisotopic (exact) mass is 1490 g/mol. The van der Waals surface area contributed by atoms with Gasteiger partial charge in [-0.2, -0.15) is 0 Å². The Hall–Kier alpha value is -6.47. The van der Waals surface area contributed by atoms with Crippen molar-refractivity contribution in [3.8, 4) is 0 Å². The van der Waals surface area contributed by atoms with Crippen LogP contribution >= 0.6 is 78.3 Å². The number of halogens is 6. The van der Waals surface area contributed by atoms with Gasteiger partial charge in [0.2, 0.25) is 0 Å². The van der Waals surface area contributed by atoms with E-state index >= 15 is 0 Å². The van der Waals surface area contributed by atoms with E-state index in [0.29, 0.717) is 0 Å². The van der Waals surface area contributed by atoms with Crippen molar-refractivity contribution in [3.05, 3.63) is 242 Å². The molecular weight excluding hydrogens is 1450 g/mol. The standard InChI is InChI=1S/4C9H10BN6.C6H2Br2O4.2CH2Cl2.2Y/c4*1-4-11-14(7-1)10(15-8-2-5-12-15)16-9-3-6-13-16;7-1-3(9)5(11)2(8)6(12)4(1)10;2*2-1-3;;/h4*1-10H;9,12H;2*1H2;;/q4*-1;;;;2*+3/p-2. The second-order valence-corrected chi connectivity index (χ2v) is 19.6. The van der Waals surface area contributed by atoms with Crippen molar-refractivity contribution < 1.29 is 85.2 Å². The number of hydrogen-bond donors (Lipinski definition) is 0. The number of allylic oxidation sites excluding steroid dienone is 2. The third-order valence-corrected chi connectivity index (χ3v) is 12.8. The number of alkyl halides is 4. The Morgan fingerprint density at radius 2 is 0.405 bits per heavy atom. The predicted octanol–water partition coefficient (Wildman–Crippen LogP) is 1.66. The summed E-state index contributed by atoms with van der Waals surface area (Å²) in [4.78, 5) is 21.7. The molecule has 1 aliphatic rings. The van der Waals surface area contributed by atoms with Crippen molar-refractivity contribution >= 4 is 118 Å². The molecule has 0 spiro atoms. The van der Waals surface area contributed by atoms with Crippen LogP contribution in [0.2, 0.25) is 0 Å². The van der Waals surface area contributed by atoms with Crippen LogP contribution in [0.25, 0.3) is 0 Å². The van der Waals surface area contributed by atoms with Crippen molar-refractivity contribution in [1.82, 2.24) is 116 Å². The summed E-state index contributed by atoms with van der Waals surface area (Å²) >= 11 is 24.2. The maximum absolute atomic E-state index is 10.8. The molecule has 12 aromatic rings. The van der Waals surface area contributed by atoms with Gasteiger partial charge in [-0.15, -0.1) is 46.4 Å². The average Bonchev–Trinajstić information content (AvgIpc) is 3.96. The maximum atomic E-state index is 10.8. The van der Waals surface area contributed by atoms with Gasteiger partial charge in [0.15, 0.2) is 11.6 Å². The fraction of sp³-hybridized carbons (Fsp3) is 0.0455. The minimum atomic E-state index is -1.12. The third-order valence-electron chi connectivity index (χ3n) is 11.4. The van der Waals surface area contributed by atoms with Crippen LogP contribution in [-0.4, -0.2) is 167 Å². The van der Waals surface area contributed by atoms with Crippen molar-refractivity contribution in [2.24, 2.45) is 0 Å². The van der Waals surface area contributed by atoms with Crippen LogP contribution in [0.4, 0.5) is 0 Å². The smallest absolute Gasteiger partial charge is 0.869 e. The van der Waals surface area contributed by atoms with Crippen molar-refractivity contribution in [1.29, 1.82) is 0 Å². The average molecular weight is 1500 g/mol. The van der Waals surface area contributed by atoms with Gasteiger partial charge in [-0.25, -0.2) is 61.2 Å². The van der Waals surface area contributed by atoms with E-state index < -0.39 is 60.5 Å². The molecule has 0 amide bonds. The number of ketones is 2. The fourth-order valence-corrected chi connectivity index (χ4v) is 8.72. The largest absolute Gasteiger partial charge is 3.00 e. The Morgan fingerprint density at radius 3 is 0.488 bits per heavy atom. The zero-order valence-corrected chi connectivity index (χ0v) is 55.7. The molecule has 12 aromatic heterocycles. The predicted molar refractivity (Wildman–Crippen MR) is 315 cm³/mol. The normalized spacial score (nSPS) is 11.6. The summed E-state index contributed by atoms with van der Waals surface area (Å²) in [7, 11) is -4.50. The molecule has 40 heteroatoms. The summed E-state index contributed by atoms with van der Waals surface area (Å²) in [6.45, 7) is 0. The van der Waals surface area contributed by atoms with Gasteiger partial charge >= 0.3 is 93.9 Å². The minimum absolute atomic E-state index is 0. The van der Waals surface area contributed by atoms with Crippen LogP contribution in [0.1, 0.15) is 0 Å². The second kappa shape index (κ2) is 36.4. The number of nitrogens with zero attached hydrogens (tertiary/aromatic N) is 24. The number of hydrogen-bond acceptors (Lipinski definition) is 16. The Kier molecular flexibility index (Phi) is 29.6. The quantitative estimate of drug-likeness (QED) is 0.0955. The van der Waals surface area contributed by atoms with E-state index in [1.54, 1.807) is 74.4 Å². The molecule has 0 unspecified atom stereocenters. The molecule has 0 aromatic carbocycles. The summed E-state index contributed by atoms with van der Waals surface area (Å²) < 4.78 is 21.5. The minimum Gasteiger partial charge on any atom is -0.869 e. The second-order valence-electron chi connectivity index (χ2n) is 16.4. The first-order valence-corrected chi connectivity index (χ1v) is 27.9. The SMILES string of the molecule is ClCCl.ClCCl.O=C1C([O-])=C(Br)C(=O)C([O-])=C1Br.[Y+3].[Y+3].c1cnn([BH-](n2cccn2)n2cccn2)c1.c1cnn([BH-](n2cccn2)n2cccn2)c1.c1cnn([BH-](n2cccn2)n2cccn2)c1.c1cnn([BH-](n2cccn2)n2cccn2)c1. The molecule has 13 rings (SSSR count). The molecular formula is C44H44B4Br2Cl4N24O4Y2. The Morgan fingerprint density at radius 1 is 0.298 bits per heavy atom. The molecule has 0 saturated heterocycles. The van der Waals surface area contributed by atoms with Gasteiger partial charge in [-0.1, -0.05) is 0 Å². The van der Waals surface area contributed by atoms with Crippen LogP contribution < -0.4 is 10.2 Å². The molecule has 12 heterocycles. The summed E-state index contributed by atoms with van der Waals surface area (Å²) in [6, 6.07) is 22.7. The first-order valence-electron chi connectivity index (χ1n) is 24.2. The molecule has 0 aliphatic heterocycles. The summed E-state index contributed by atoms with van der Waals surface area (Å²) in [5.41, 5.74) is 0. The fourth-order valence-electron chi connectivity index (χ4n) is 8.00. The molecule has 0 radical (unpaired) electrons. The topological polar surface area (TPSA) is 294 Å². The molecule has 0 saturated carbocycles. The van der Waals surface area contributed by atoms with E-state index in [0.717, 1.165) is 0 Å². The van der Waals surface area contributed by atoms with Crippen LogP contribution in [0.3, 0.4) is 0 Å². The van der Waals surface area contributed by atoms with E-state index in [-0.39, 0.29) is 76.1 Å². The van der Waals surface area contributed by atoms with Gasteiger partial charge in [-0.3, -0.25) is 9.59 Å². The van der Waals surface area contributed by atoms with Crippen LogP contribution in [-0.2, 0) is 75.0 Å². The first kappa shape index (κ1) is 68.3. The zero-order chi connectivity index (χ0) is 58.1. The molecule has 0 atom stereocenters. The van der Waals surface area contributed by atoms with Gasteiger partial charge in [0, 0.05) is 74.4 Å². The van der Waals surface area contributed by atoms with Crippen molar-refractivity contribution in [2.45, 2.75) is 0 Å². The van der Waals surface area contributed by atoms with Gasteiger partial charge in [0.25, 0.3) is 0 Å². The maximum Gasteiger partial charge on any atom is 3.00 e. The van der Waals surface area contributed by atoms with E-state index in [1.165, 1.54) is 0 Å². The molecule has 1 aliphatic carbocycles. The molecule has 28 nitrogen and oxygen atoms in total. The van der Waals surface area contributed by atoms with E-state index in [9.17, 15) is 19.8 Å². The van der Waals surface area contributed by atoms with Gasteiger partial charge < -0.3 is 65.3 Å². The molecule has 0 N–H and O–H groups in total. The van der Waals surface area contributed by atoms with Crippen LogP contribution in [0.15, 0.2) is 242 Å². The number of carbonyl (C=O) groups is 2. The number of Topliss-reactive ketones (excluding diaryl/α,β-unsaturated/α-hetero) is 2. The number of aromatic nitrogens is 24. The van der Waals surface area contributed by atoms with E-state index in [2.05, 4.69) is 93.0 Å². The zero-order valence-electron chi connectivity index (χ0n) is 43.8.